The molecule has 4 heteroatoms. The monoisotopic (exact) mass is 280 g/mol. The van der Waals surface area contributed by atoms with Crippen LogP contribution in [0.5, 0.6) is 0 Å². The fraction of sp³-hybridized carbons (Fsp3) is 0.765. The second-order valence-corrected chi connectivity index (χ2v) is 6.87. The zero-order chi connectivity index (χ0) is 15.5. The highest BCUT2D eigenvalue weighted by molar-refractivity contribution is 5.18. The van der Waals surface area contributed by atoms with Gasteiger partial charge in [0.1, 0.15) is 11.8 Å². The summed E-state index contributed by atoms with van der Waals surface area (Å²) in [5.74, 6) is -0.992. The molecule has 0 spiro atoms. The molecule has 0 heterocycles. The number of nitrogens with zero attached hydrogens (tertiary/aromatic N) is 4. The topological polar surface area (TPSA) is 95.2 Å². The van der Waals surface area contributed by atoms with Gasteiger partial charge in [0.15, 0.2) is 0 Å². The van der Waals surface area contributed by atoms with Gasteiger partial charge in [-0.1, -0.05) is 19.8 Å². The van der Waals surface area contributed by atoms with Crippen molar-refractivity contribution in [2.45, 2.75) is 45.4 Å². The van der Waals surface area contributed by atoms with Gasteiger partial charge in [-0.2, -0.15) is 21.0 Å². The van der Waals surface area contributed by atoms with Gasteiger partial charge in [-0.25, -0.2) is 0 Å². The lowest BCUT2D eigenvalue weighted by Crippen LogP contribution is -2.46. The molecule has 2 fully saturated rings. The van der Waals surface area contributed by atoms with Gasteiger partial charge in [-0.3, -0.25) is 0 Å². The summed E-state index contributed by atoms with van der Waals surface area (Å²) in [4.78, 5) is 0. The Labute approximate surface area is 126 Å². The second kappa shape index (κ2) is 6.16. The Morgan fingerprint density at radius 2 is 1.52 bits per heavy atom. The van der Waals surface area contributed by atoms with E-state index in [0.717, 1.165) is 25.7 Å². The molecule has 0 aromatic rings. The van der Waals surface area contributed by atoms with Gasteiger partial charge in [0.25, 0.3) is 0 Å². The summed E-state index contributed by atoms with van der Waals surface area (Å²) in [6, 6.07) is 8.19. The largest absolute Gasteiger partial charge is 0.197 e. The van der Waals surface area contributed by atoms with E-state index in [-0.39, 0.29) is 5.41 Å². The normalized spacial score (nSPS) is 31.2. The third-order valence-electron chi connectivity index (χ3n) is 5.45. The Morgan fingerprint density at radius 3 is 2.05 bits per heavy atom. The maximum atomic E-state index is 9.34. The summed E-state index contributed by atoms with van der Waals surface area (Å²) in [5.41, 5.74) is -0.174. The van der Waals surface area contributed by atoms with Gasteiger partial charge in [-0.15, -0.1) is 0 Å². The summed E-state index contributed by atoms with van der Waals surface area (Å²) >= 11 is 0. The van der Waals surface area contributed by atoms with Gasteiger partial charge in [0.2, 0.25) is 0 Å². The molecule has 2 rings (SSSR count). The summed E-state index contributed by atoms with van der Waals surface area (Å²) in [6.45, 7) is 2.21. The van der Waals surface area contributed by atoms with E-state index in [2.05, 4.69) is 6.92 Å². The van der Waals surface area contributed by atoms with E-state index in [0.29, 0.717) is 11.8 Å². The molecule has 21 heavy (non-hydrogen) atoms. The molecule has 0 aliphatic heterocycles. The molecule has 4 nitrogen and oxygen atoms in total. The van der Waals surface area contributed by atoms with Gasteiger partial charge in [0, 0.05) is 5.92 Å². The fourth-order valence-electron chi connectivity index (χ4n) is 4.97. The number of fused-ring (bicyclic) bond motifs is 2. The molecule has 2 aliphatic rings. The number of hydrogen-bond donors (Lipinski definition) is 0. The Kier molecular flexibility index (Phi) is 4.50. The quantitative estimate of drug-likeness (QED) is 0.789. The molecule has 0 aromatic heterocycles. The van der Waals surface area contributed by atoms with Crippen molar-refractivity contribution >= 4 is 0 Å². The highest BCUT2D eigenvalue weighted by Crippen LogP contribution is 2.58. The summed E-state index contributed by atoms with van der Waals surface area (Å²) < 4.78 is 0. The van der Waals surface area contributed by atoms with Crippen LogP contribution in [-0.4, -0.2) is 0 Å². The number of rotatable bonds is 3. The molecule has 3 unspecified atom stereocenters. The van der Waals surface area contributed by atoms with Crippen molar-refractivity contribution in [3.05, 3.63) is 0 Å². The lowest BCUT2D eigenvalue weighted by molar-refractivity contribution is -0.0229. The van der Waals surface area contributed by atoms with Gasteiger partial charge >= 0.3 is 0 Å². The van der Waals surface area contributed by atoms with Gasteiger partial charge in [0.05, 0.1) is 24.3 Å². The van der Waals surface area contributed by atoms with Gasteiger partial charge in [-0.05, 0) is 42.9 Å². The molecule has 0 saturated heterocycles. The van der Waals surface area contributed by atoms with Gasteiger partial charge < -0.3 is 0 Å². The van der Waals surface area contributed by atoms with Crippen LogP contribution >= 0.6 is 0 Å². The second-order valence-electron chi connectivity index (χ2n) is 6.87. The highest BCUT2D eigenvalue weighted by Gasteiger charge is 2.52. The van der Waals surface area contributed by atoms with Crippen molar-refractivity contribution in [2.75, 3.05) is 0 Å². The minimum atomic E-state index is -0.863. The van der Waals surface area contributed by atoms with Crippen molar-refractivity contribution in [3.8, 4) is 24.3 Å². The van der Waals surface area contributed by atoms with E-state index in [9.17, 15) is 21.0 Å². The zero-order valence-corrected chi connectivity index (χ0v) is 12.4. The summed E-state index contributed by atoms with van der Waals surface area (Å²) in [7, 11) is 0. The van der Waals surface area contributed by atoms with Crippen LogP contribution in [0.25, 0.3) is 0 Å². The predicted molar refractivity (Wildman–Crippen MR) is 75.7 cm³/mol. The number of nitriles is 4. The highest BCUT2D eigenvalue weighted by atomic mass is 14.6. The van der Waals surface area contributed by atoms with E-state index < -0.39 is 17.8 Å². The molecule has 0 N–H and O–H groups in total. The molecule has 0 aromatic carbocycles. The van der Waals surface area contributed by atoms with Crippen molar-refractivity contribution < 1.29 is 0 Å². The van der Waals surface area contributed by atoms with Crippen molar-refractivity contribution in [2.24, 2.45) is 35.0 Å². The van der Waals surface area contributed by atoms with Crippen molar-refractivity contribution in [1.82, 2.24) is 0 Å². The van der Waals surface area contributed by atoms with Crippen molar-refractivity contribution in [3.63, 3.8) is 0 Å². The summed E-state index contributed by atoms with van der Waals surface area (Å²) in [5, 5.41) is 37.3. The van der Waals surface area contributed by atoms with Crippen LogP contribution < -0.4 is 0 Å². The molecular weight excluding hydrogens is 260 g/mol. The van der Waals surface area contributed by atoms with Crippen LogP contribution in [0.2, 0.25) is 0 Å². The van der Waals surface area contributed by atoms with E-state index in [1.165, 1.54) is 12.8 Å². The SMILES string of the molecule is CC1CC2CCCC(C(C(C#N)C#N)C(C#N)C#N)(C1)C2. The Morgan fingerprint density at radius 1 is 0.952 bits per heavy atom. The van der Waals surface area contributed by atoms with Crippen LogP contribution in [0.1, 0.15) is 45.4 Å². The molecule has 2 saturated carbocycles. The minimum Gasteiger partial charge on any atom is -0.197 e. The predicted octanol–water partition coefficient (Wildman–Crippen LogP) is 3.54. The van der Waals surface area contributed by atoms with E-state index >= 15 is 0 Å². The van der Waals surface area contributed by atoms with Crippen LogP contribution in [-0.2, 0) is 0 Å². The molecule has 2 aliphatic carbocycles. The van der Waals surface area contributed by atoms with E-state index in [1.807, 2.05) is 24.3 Å². The molecule has 0 radical (unpaired) electrons. The third-order valence-corrected chi connectivity index (χ3v) is 5.45. The number of hydrogen-bond acceptors (Lipinski definition) is 4. The molecular formula is C17H20N4. The maximum absolute atomic E-state index is 9.34. The summed E-state index contributed by atoms with van der Waals surface area (Å²) in [6.07, 6.45) is 6.34. The molecule has 0 amide bonds. The standard InChI is InChI=1S/C17H20N4/c1-12-5-13-3-2-4-17(6-12,7-13)16(14(8-18)9-19)15(10-20)11-21/h12-16H,2-7H2,1H3. The lowest BCUT2D eigenvalue weighted by atomic mass is 9.50. The van der Waals surface area contributed by atoms with Crippen LogP contribution in [0.3, 0.4) is 0 Å². The lowest BCUT2D eigenvalue weighted by Gasteiger charge is -2.52. The first kappa shape index (κ1) is 15.4. The first-order chi connectivity index (χ1) is 10.1. The maximum Gasteiger partial charge on any atom is 0.138 e. The smallest absolute Gasteiger partial charge is 0.138 e. The first-order valence-corrected chi connectivity index (χ1v) is 7.68. The first-order valence-electron chi connectivity index (χ1n) is 7.68. The molecule has 3 atom stereocenters. The van der Waals surface area contributed by atoms with E-state index in [4.69, 9.17) is 0 Å². The average molecular weight is 280 g/mol. The van der Waals surface area contributed by atoms with Crippen molar-refractivity contribution in [1.29, 1.82) is 21.0 Å². The Hall–Kier alpha value is -2.04. The minimum absolute atomic E-state index is 0.174. The van der Waals surface area contributed by atoms with Crippen LogP contribution in [0.4, 0.5) is 0 Å². The Balaban J connectivity index is 2.44. The van der Waals surface area contributed by atoms with Crippen LogP contribution in [0, 0.1) is 80.3 Å². The third kappa shape index (κ3) is 2.73. The molecule has 2 bridgehead atoms. The van der Waals surface area contributed by atoms with E-state index in [1.54, 1.807) is 0 Å². The van der Waals surface area contributed by atoms with Crippen LogP contribution in [0.15, 0.2) is 0 Å². The molecule has 108 valence electrons. The zero-order valence-electron chi connectivity index (χ0n) is 12.4. The average Bonchev–Trinajstić information content (AvgIpc) is 2.47. The fourth-order valence-corrected chi connectivity index (χ4v) is 4.97. The Bertz CT molecular complexity index is 491.